The second-order valence-electron chi connectivity index (χ2n) is 6.10. The van der Waals surface area contributed by atoms with Crippen molar-refractivity contribution in [2.45, 2.75) is 0 Å². The molecule has 0 saturated heterocycles. The molecule has 3 rings (SSSR count). The summed E-state index contributed by atoms with van der Waals surface area (Å²) in [6.45, 7) is 0.250. The molecule has 0 aliphatic rings. The lowest BCUT2D eigenvalue weighted by atomic mass is 10.1. The number of carbonyl (C=O) groups excluding carboxylic acids is 2. The molecule has 0 fully saturated rings. The molecule has 1 N–H and O–H groups in total. The van der Waals surface area contributed by atoms with Gasteiger partial charge in [-0.25, -0.2) is 13.9 Å². The van der Waals surface area contributed by atoms with Crippen molar-refractivity contribution < 1.29 is 23.5 Å². The molecule has 1 aromatic heterocycles. The Kier molecular flexibility index (Phi) is 6.70. The summed E-state index contributed by atoms with van der Waals surface area (Å²) in [7, 11) is 1.52. The van der Waals surface area contributed by atoms with E-state index in [0.29, 0.717) is 24.4 Å². The van der Waals surface area contributed by atoms with Crippen molar-refractivity contribution >= 4 is 11.9 Å². The number of aromatic nitrogens is 2. The van der Waals surface area contributed by atoms with Gasteiger partial charge in [0.15, 0.2) is 6.61 Å². The third kappa shape index (κ3) is 5.26. The van der Waals surface area contributed by atoms with Gasteiger partial charge in [-0.05, 0) is 36.4 Å². The summed E-state index contributed by atoms with van der Waals surface area (Å²) in [6.07, 6.45) is 1.53. The van der Waals surface area contributed by atoms with Gasteiger partial charge in [0.05, 0.1) is 12.3 Å². The summed E-state index contributed by atoms with van der Waals surface area (Å²) in [4.78, 5) is 24.4. The summed E-state index contributed by atoms with van der Waals surface area (Å²) in [5.74, 6) is -1.53. The molecule has 1 amide bonds. The minimum Gasteiger partial charge on any atom is -0.452 e. The molecule has 0 atom stereocenters. The molecule has 29 heavy (non-hydrogen) atoms. The van der Waals surface area contributed by atoms with Gasteiger partial charge in [0.1, 0.15) is 17.1 Å². The molecule has 0 aliphatic heterocycles. The second kappa shape index (κ2) is 9.61. The first-order valence-corrected chi connectivity index (χ1v) is 8.92. The van der Waals surface area contributed by atoms with Crippen LogP contribution < -0.4 is 5.32 Å². The molecule has 0 saturated carbocycles. The van der Waals surface area contributed by atoms with E-state index in [1.807, 2.05) is 30.3 Å². The summed E-state index contributed by atoms with van der Waals surface area (Å²) < 4.78 is 24.8. The Hall–Kier alpha value is -3.52. The van der Waals surface area contributed by atoms with Crippen molar-refractivity contribution in [2.24, 2.45) is 0 Å². The monoisotopic (exact) mass is 397 g/mol. The average Bonchev–Trinajstić information content (AvgIpc) is 3.19. The number of esters is 1. The highest BCUT2D eigenvalue weighted by molar-refractivity contribution is 5.97. The molecular formula is C21H20FN3O4. The van der Waals surface area contributed by atoms with Gasteiger partial charge in [0.25, 0.3) is 5.91 Å². The molecule has 0 spiro atoms. The SMILES string of the molecule is COCCNC(=O)COC(=O)c1cn(-c2ccccc2)nc1-c1ccc(F)cc1. The number of ether oxygens (including phenoxy) is 2. The predicted octanol–water partition coefficient (Wildman–Crippen LogP) is 2.60. The number of benzene rings is 2. The summed E-state index contributed by atoms with van der Waals surface area (Å²) >= 11 is 0. The molecule has 7 nitrogen and oxygen atoms in total. The number of carbonyl (C=O) groups is 2. The Balaban J connectivity index is 1.83. The van der Waals surface area contributed by atoms with Gasteiger partial charge < -0.3 is 14.8 Å². The Labute approximate surface area is 167 Å². The van der Waals surface area contributed by atoms with Gasteiger partial charge in [0, 0.05) is 25.4 Å². The molecular weight excluding hydrogens is 377 g/mol. The standard InChI is InChI=1S/C21H20FN3O4/c1-28-12-11-23-19(26)14-29-21(27)18-13-25(17-5-3-2-4-6-17)24-20(18)15-7-9-16(22)10-8-15/h2-10,13H,11-12,14H2,1H3,(H,23,26). The van der Waals surface area contributed by atoms with Crippen molar-refractivity contribution in [2.75, 3.05) is 26.9 Å². The van der Waals surface area contributed by atoms with Crippen molar-refractivity contribution in [3.8, 4) is 16.9 Å². The lowest BCUT2D eigenvalue weighted by molar-refractivity contribution is -0.124. The molecule has 1 heterocycles. The fraction of sp³-hybridized carbons (Fsp3) is 0.190. The second-order valence-corrected chi connectivity index (χ2v) is 6.10. The first kappa shape index (κ1) is 20.2. The Morgan fingerprint density at radius 3 is 2.52 bits per heavy atom. The summed E-state index contributed by atoms with van der Waals surface area (Å²) in [5.41, 5.74) is 1.80. The number of rotatable bonds is 8. The quantitative estimate of drug-likeness (QED) is 0.467. The fourth-order valence-corrected chi connectivity index (χ4v) is 2.61. The molecule has 8 heteroatoms. The van der Waals surface area contributed by atoms with Crippen LogP contribution in [0.5, 0.6) is 0 Å². The van der Waals surface area contributed by atoms with Gasteiger partial charge in [-0.1, -0.05) is 18.2 Å². The van der Waals surface area contributed by atoms with E-state index in [0.717, 1.165) is 5.69 Å². The minimum atomic E-state index is -0.701. The van der Waals surface area contributed by atoms with Gasteiger partial charge in [-0.2, -0.15) is 5.10 Å². The smallest absolute Gasteiger partial charge is 0.342 e. The van der Waals surface area contributed by atoms with Crippen molar-refractivity contribution in [3.05, 3.63) is 72.2 Å². The number of nitrogens with one attached hydrogen (secondary N) is 1. The van der Waals surface area contributed by atoms with E-state index in [4.69, 9.17) is 9.47 Å². The molecule has 2 aromatic carbocycles. The van der Waals surface area contributed by atoms with Gasteiger partial charge >= 0.3 is 5.97 Å². The lowest BCUT2D eigenvalue weighted by Crippen LogP contribution is -2.31. The molecule has 0 aliphatic carbocycles. The van der Waals surface area contributed by atoms with Crippen LogP contribution in [0.3, 0.4) is 0 Å². The molecule has 3 aromatic rings. The normalized spacial score (nSPS) is 10.6. The number of hydrogen-bond acceptors (Lipinski definition) is 5. The highest BCUT2D eigenvalue weighted by Crippen LogP contribution is 2.24. The van der Waals surface area contributed by atoms with Crippen molar-refractivity contribution in [1.29, 1.82) is 0 Å². The minimum absolute atomic E-state index is 0.171. The van der Waals surface area contributed by atoms with Crippen LogP contribution in [0, 0.1) is 5.82 Å². The largest absolute Gasteiger partial charge is 0.452 e. The van der Waals surface area contributed by atoms with Crippen molar-refractivity contribution in [1.82, 2.24) is 15.1 Å². The molecule has 0 unspecified atom stereocenters. The highest BCUT2D eigenvalue weighted by Gasteiger charge is 2.21. The number of methoxy groups -OCH3 is 1. The van der Waals surface area contributed by atoms with Crippen LogP contribution in [-0.4, -0.2) is 48.5 Å². The van der Waals surface area contributed by atoms with Crippen LogP contribution in [0.1, 0.15) is 10.4 Å². The van der Waals surface area contributed by atoms with Crippen molar-refractivity contribution in [3.63, 3.8) is 0 Å². The number of hydrogen-bond donors (Lipinski definition) is 1. The number of nitrogens with zero attached hydrogens (tertiary/aromatic N) is 2. The van der Waals surface area contributed by atoms with E-state index in [2.05, 4.69) is 10.4 Å². The van der Waals surface area contributed by atoms with Crippen LogP contribution in [0.25, 0.3) is 16.9 Å². The first-order chi connectivity index (χ1) is 14.1. The maximum absolute atomic E-state index is 13.3. The third-order valence-electron chi connectivity index (χ3n) is 4.04. The first-order valence-electron chi connectivity index (χ1n) is 8.92. The van der Waals surface area contributed by atoms with Gasteiger partial charge in [-0.15, -0.1) is 0 Å². The topological polar surface area (TPSA) is 82.5 Å². The third-order valence-corrected chi connectivity index (χ3v) is 4.04. The number of halogens is 1. The van der Waals surface area contributed by atoms with E-state index >= 15 is 0 Å². The van der Waals surface area contributed by atoms with Gasteiger partial charge in [0.2, 0.25) is 0 Å². The number of amides is 1. The highest BCUT2D eigenvalue weighted by atomic mass is 19.1. The maximum atomic E-state index is 13.3. The molecule has 150 valence electrons. The van der Waals surface area contributed by atoms with Crippen LogP contribution in [-0.2, 0) is 14.3 Å². The zero-order valence-corrected chi connectivity index (χ0v) is 15.8. The zero-order valence-electron chi connectivity index (χ0n) is 15.8. The summed E-state index contributed by atoms with van der Waals surface area (Å²) in [6, 6.07) is 14.9. The van der Waals surface area contributed by atoms with E-state index in [9.17, 15) is 14.0 Å². The fourth-order valence-electron chi connectivity index (χ4n) is 2.61. The summed E-state index contributed by atoms with van der Waals surface area (Å²) in [5, 5.41) is 7.04. The van der Waals surface area contributed by atoms with Crippen LogP contribution in [0.2, 0.25) is 0 Å². The average molecular weight is 397 g/mol. The number of para-hydroxylation sites is 1. The van der Waals surface area contributed by atoms with E-state index < -0.39 is 24.3 Å². The predicted molar refractivity (Wildman–Crippen MR) is 104 cm³/mol. The Bertz CT molecular complexity index is 971. The Morgan fingerprint density at radius 2 is 1.83 bits per heavy atom. The van der Waals surface area contributed by atoms with Crippen LogP contribution in [0.15, 0.2) is 60.8 Å². The van der Waals surface area contributed by atoms with Crippen LogP contribution >= 0.6 is 0 Å². The molecule has 0 radical (unpaired) electrons. The lowest BCUT2D eigenvalue weighted by Gasteiger charge is -2.06. The Morgan fingerprint density at radius 1 is 1.10 bits per heavy atom. The van der Waals surface area contributed by atoms with E-state index in [1.165, 1.54) is 42.3 Å². The zero-order chi connectivity index (χ0) is 20.6. The van der Waals surface area contributed by atoms with Gasteiger partial charge in [-0.3, -0.25) is 4.79 Å². The maximum Gasteiger partial charge on any atom is 0.342 e. The van der Waals surface area contributed by atoms with E-state index in [-0.39, 0.29) is 5.56 Å². The molecule has 0 bridgehead atoms. The van der Waals surface area contributed by atoms with E-state index in [1.54, 1.807) is 0 Å². The van der Waals surface area contributed by atoms with Crippen LogP contribution in [0.4, 0.5) is 4.39 Å².